The fraction of sp³-hybridized carbons (Fsp3) is 0.833. The summed E-state index contributed by atoms with van der Waals surface area (Å²) in [4.78, 5) is 33.1. The van der Waals surface area contributed by atoms with E-state index in [1.807, 2.05) is 0 Å². The van der Waals surface area contributed by atoms with Crippen molar-refractivity contribution in [3.05, 3.63) is 0 Å². The van der Waals surface area contributed by atoms with Crippen LogP contribution in [0.1, 0.15) is 26.7 Å². The van der Waals surface area contributed by atoms with E-state index in [4.69, 9.17) is 19.7 Å². The highest BCUT2D eigenvalue weighted by molar-refractivity contribution is 6.02. The Morgan fingerprint density at radius 3 is 2.07 bits per heavy atom. The van der Waals surface area contributed by atoms with Gasteiger partial charge in [-0.25, -0.2) is 0 Å². The molecular weight excluding hydrogens is 356 g/mol. The number of aliphatic hydroxyl groups is 2. The third-order valence-corrected chi connectivity index (χ3v) is 4.67. The molecule has 1 spiro atoms. The van der Waals surface area contributed by atoms with Crippen LogP contribution in [0.15, 0.2) is 0 Å². The van der Waals surface area contributed by atoms with Gasteiger partial charge in [-0.3, -0.25) is 14.4 Å². The second-order valence-corrected chi connectivity index (χ2v) is 6.66. The summed E-state index contributed by atoms with van der Waals surface area (Å²) in [6.45, 7) is 6.85. The molecule has 3 aliphatic rings. The van der Waals surface area contributed by atoms with Crippen LogP contribution in [-0.2, 0) is 23.9 Å². The number of hydrogen-bond acceptors (Lipinski definition) is 9. The molecule has 0 aromatic heterocycles. The third kappa shape index (κ3) is 7.36. The number of nitrogens with one attached hydrogen (secondary N) is 2. The largest absolute Gasteiger partial charge is 0.394 e. The molecule has 3 fully saturated rings. The Morgan fingerprint density at radius 2 is 1.63 bits per heavy atom. The molecular formula is C18H32N2O7. The number of carbonyl (C=O) groups excluding carboxylic acids is 3. The molecule has 0 aromatic carbocycles. The van der Waals surface area contributed by atoms with Gasteiger partial charge in [0.25, 0.3) is 0 Å². The summed E-state index contributed by atoms with van der Waals surface area (Å²) in [5, 5.41) is 21.4. The summed E-state index contributed by atoms with van der Waals surface area (Å²) in [5.74, 6) is -0.882. The zero-order valence-corrected chi connectivity index (χ0v) is 16.2. The van der Waals surface area contributed by atoms with Crippen molar-refractivity contribution < 1.29 is 34.1 Å². The number of piperidine rings is 2. The number of hydrogen-bond donors (Lipinski definition) is 4. The molecule has 4 N–H and O–H groups in total. The van der Waals surface area contributed by atoms with Gasteiger partial charge in [-0.15, -0.1) is 0 Å². The van der Waals surface area contributed by atoms with Gasteiger partial charge in [0.15, 0.2) is 5.79 Å². The van der Waals surface area contributed by atoms with Gasteiger partial charge in [-0.05, 0) is 13.8 Å². The Kier molecular flexibility index (Phi) is 10.8. The van der Waals surface area contributed by atoms with Crippen molar-refractivity contribution in [3.63, 3.8) is 0 Å². The molecule has 27 heavy (non-hydrogen) atoms. The fourth-order valence-corrected chi connectivity index (χ4v) is 3.22. The number of carbonyl (C=O) groups is 3. The van der Waals surface area contributed by atoms with Crippen molar-refractivity contribution in [2.45, 2.75) is 32.5 Å². The standard InChI is InChI=1S/C9H15NO3.C7H11NO2.C2H6O2/c1-7(11)8-6-10-3-2-9(8)12-4-5-13-9;1-5(9)6-4-8-3-2-7(6)10;3-1-2-4/h8,10H,2-6H2,1H3;6,8H,2-4H2,1H3;3-4H,1-2H2. The Balaban J connectivity index is 0.000000232. The molecule has 9 nitrogen and oxygen atoms in total. The van der Waals surface area contributed by atoms with Crippen LogP contribution in [-0.4, -0.2) is 86.0 Å². The first-order valence-electron chi connectivity index (χ1n) is 9.32. The highest BCUT2D eigenvalue weighted by Gasteiger charge is 2.48. The molecule has 3 aliphatic heterocycles. The maximum absolute atomic E-state index is 11.4. The lowest BCUT2D eigenvalue weighted by molar-refractivity contribution is -0.206. The minimum atomic E-state index is -0.600. The Labute approximate surface area is 159 Å². The van der Waals surface area contributed by atoms with Crippen molar-refractivity contribution in [1.82, 2.24) is 10.6 Å². The maximum Gasteiger partial charge on any atom is 0.180 e. The van der Waals surface area contributed by atoms with Crippen molar-refractivity contribution in [1.29, 1.82) is 0 Å². The number of ketones is 3. The molecule has 0 bridgehead atoms. The number of ether oxygens (including phenoxy) is 2. The van der Waals surface area contributed by atoms with Crippen LogP contribution < -0.4 is 10.6 Å². The maximum atomic E-state index is 11.4. The first-order chi connectivity index (χ1) is 12.9. The molecule has 3 rings (SSSR count). The van der Waals surface area contributed by atoms with Gasteiger partial charge < -0.3 is 30.3 Å². The monoisotopic (exact) mass is 388 g/mol. The van der Waals surface area contributed by atoms with E-state index in [2.05, 4.69) is 10.6 Å². The van der Waals surface area contributed by atoms with Crippen LogP contribution >= 0.6 is 0 Å². The molecule has 0 aliphatic carbocycles. The lowest BCUT2D eigenvalue weighted by atomic mass is 9.89. The van der Waals surface area contributed by atoms with E-state index in [1.54, 1.807) is 6.92 Å². The van der Waals surface area contributed by atoms with E-state index >= 15 is 0 Å². The Morgan fingerprint density at radius 1 is 1.04 bits per heavy atom. The molecule has 156 valence electrons. The number of rotatable bonds is 3. The summed E-state index contributed by atoms with van der Waals surface area (Å²) in [6.07, 6.45) is 1.28. The average Bonchev–Trinajstić information content (AvgIpc) is 3.11. The molecule has 9 heteroatoms. The Hall–Kier alpha value is -1.23. The van der Waals surface area contributed by atoms with E-state index < -0.39 is 5.79 Å². The minimum absolute atomic E-state index is 0.0165. The molecule has 2 atom stereocenters. The lowest BCUT2D eigenvalue weighted by Crippen LogP contribution is -2.53. The summed E-state index contributed by atoms with van der Waals surface area (Å²) in [6, 6.07) is 0. The molecule has 0 amide bonds. The lowest BCUT2D eigenvalue weighted by Gasteiger charge is -2.38. The van der Waals surface area contributed by atoms with Gasteiger partial charge in [-0.2, -0.15) is 0 Å². The molecule has 2 unspecified atom stereocenters. The summed E-state index contributed by atoms with van der Waals surface area (Å²) in [7, 11) is 0. The van der Waals surface area contributed by atoms with E-state index in [9.17, 15) is 14.4 Å². The highest BCUT2D eigenvalue weighted by Crippen LogP contribution is 2.33. The van der Waals surface area contributed by atoms with E-state index in [0.29, 0.717) is 32.7 Å². The van der Waals surface area contributed by atoms with Crippen LogP contribution in [0.4, 0.5) is 0 Å². The van der Waals surface area contributed by atoms with Gasteiger partial charge in [0, 0.05) is 39.0 Å². The molecule has 3 heterocycles. The van der Waals surface area contributed by atoms with Crippen molar-refractivity contribution in [2.75, 3.05) is 52.6 Å². The molecule has 0 radical (unpaired) electrons. The predicted molar refractivity (Wildman–Crippen MR) is 97.1 cm³/mol. The Bertz CT molecular complexity index is 490. The van der Waals surface area contributed by atoms with E-state index in [0.717, 1.165) is 19.5 Å². The highest BCUT2D eigenvalue weighted by atomic mass is 16.7. The van der Waals surface area contributed by atoms with Gasteiger partial charge in [0.2, 0.25) is 0 Å². The second kappa shape index (κ2) is 12.3. The minimum Gasteiger partial charge on any atom is -0.394 e. The van der Waals surface area contributed by atoms with Crippen LogP contribution in [0.2, 0.25) is 0 Å². The normalized spacial score (nSPS) is 26.4. The topological polar surface area (TPSA) is 134 Å². The van der Waals surface area contributed by atoms with Crippen LogP contribution in [0, 0.1) is 11.8 Å². The van der Waals surface area contributed by atoms with Crippen LogP contribution in [0.25, 0.3) is 0 Å². The van der Waals surface area contributed by atoms with Gasteiger partial charge in [0.05, 0.1) is 38.3 Å². The quantitative estimate of drug-likeness (QED) is 0.433. The second-order valence-electron chi connectivity index (χ2n) is 6.66. The van der Waals surface area contributed by atoms with E-state index in [-0.39, 0.29) is 42.4 Å². The predicted octanol–water partition coefficient (Wildman–Crippen LogP) is -1.35. The SMILES string of the molecule is CC(=O)C1CNCCC12OCCO2.CC(=O)C1CNCCC1=O.OCCO. The van der Waals surface area contributed by atoms with Gasteiger partial charge >= 0.3 is 0 Å². The summed E-state index contributed by atoms with van der Waals surface area (Å²) >= 11 is 0. The summed E-state index contributed by atoms with van der Waals surface area (Å²) < 4.78 is 11.1. The third-order valence-electron chi connectivity index (χ3n) is 4.67. The van der Waals surface area contributed by atoms with Crippen molar-refractivity contribution in [3.8, 4) is 0 Å². The number of Topliss-reactive ketones (excluding diaryl/α,β-unsaturated/α-hetero) is 3. The first kappa shape index (κ1) is 23.8. The summed E-state index contributed by atoms with van der Waals surface area (Å²) in [5.41, 5.74) is 0. The van der Waals surface area contributed by atoms with Crippen LogP contribution in [0.3, 0.4) is 0 Å². The fourth-order valence-electron chi connectivity index (χ4n) is 3.22. The van der Waals surface area contributed by atoms with Crippen LogP contribution in [0.5, 0.6) is 0 Å². The van der Waals surface area contributed by atoms with Gasteiger partial charge in [-0.1, -0.05) is 0 Å². The zero-order valence-electron chi connectivity index (χ0n) is 16.2. The number of aliphatic hydroxyl groups excluding tert-OH is 2. The van der Waals surface area contributed by atoms with Gasteiger partial charge in [0.1, 0.15) is 17.3 Å². The zero-order chi connectivity index (χ0) is 20.3. The van der Waals surface area contributed by atoms with Crippen molar-refractivity contribution >= 4 is 17.3 Å². The average molecular weight is 388 g/mol. The van der Waals surface area contributed by atoms with E-state index in [1.165, 1.54) is 6.92 Å². The molecule has 3 saturated heterocycles. The molecule has 0 saturated carbocycles. The first-order valence-corrected chi connectivity index (χ1v) is 9.32. The van der Waals surface area contributed by atoms with Crippen molar-refractivity contribution in [2.24, 2.45) is 11.8 Å². The molecule has 0 aromatic rings. The smallest absolute Gasteiger partial charge is 0.180 e.